The first-order valence-electron chi connectivity index (χ1n) is 8.57. The molecule has 5 nitrogen and oxygen atoms in total. The Morgan fingerprint density at radius 1 is 0.852 bits per heavy atom. The third kappa shape index (κ3) is 3.48. The normalized spacial score (nSPS) is 10.7. The quantitative estimate of drug-likeness (QED) is 0.550. The predicted molar refractivity (Wildman–Crippen MR) is 105 cm³/mol. The van der Waals surface area contributed by atoms with Gasteiger partial charge in [-0.2, -0.15) is 0 Å². The lowest BCUT2D eigenvalue weighted by Crippen LogP contribution is -2.11. The molecule has 0 radical (unpaired) electrons. The summed E-state index contributed by atoms with van der Waals surface area (Å²) in [6.07, 6.45) is 3.63. The molecule has 4 rings (SSSR count). The molecule has 0 fully saturated rings. The fourth-order valence-electron chi connectivity index (χ4n) is 2.89. The highest BCUT2D eigenvalue weighted by Crippen LogP contribution is 2.21. The van der Waals surface area contributed by atoms with Gasteiger partial charge >= 0.3 is 0 Å². The summed E-state index contributed by atoms with van der Waals surface area (Å²) >= 11 is 0. The van der Waals surface area contributed by atoms with E-state index in [2.05, 4.69) is 10.3 Å². The molecule has 0 saturated carbocycles. The second-order valence-corrected chi connectivity index (χ2v) is 6.26. The Morgan fingerprint density at radius 2 is 1.56 bits per heavy atom. The van der Waals surface area contributed by atoms with Crippen molar-refractivity contribution in [3.8, 4) is 11.1 Å². The molecule has 27 heavy (non-hydrogen) atoms. The summed E-state index contributed by atoms with van der Waals surface area (Å²) in [5, 5.41) is 2.84. The average Bonchev–Trinajstić information content (AvgIpc) is 3.12. The molecule has 0 atom stereocenters. The number of Topliss-reactive ketones (excluding diaryl/α,β-unsaturated/α-hetero) is 1. The molecule has 0 aliphatic carbocycles. The van der Waals surface area contributed by atoms with Crippen LogP contribution in [0.1, 0.15) is 27.8 Å². The van der Waals surface area contributed by atoms with Crippen molar-refractivity contribution in [1.82, 2.24) is 9.38 Å². The Balaban J connectivity index is 1.61. The number of carbonyl (C=O) groups excluding carboxylic acids is 2. The first-order valence-corrected chi connectivity index (χ1v) is 8.57. The van der Waals surface area contributed by atoms with Crippen LogP contribution in [-0.4, -0.2) is 21.1 Å². The summed E-state index contributed by atoms with van der Waals surface area (Å²) in [7, 11) is 0. The molecule has 2 heterocycles. The van der Waals surface area contributed by atoms with Gasteiger partial charge in [0.2, 0.25) is 0 Å². The Labute approximate surface area is 156 Å². The van der Waals surface area contributed by atoms with Gasteiger partial charge in [-0.3, -0.25) is 9.59 Å². The lowest BCUT2D eigenvalue weighted by Gasteiger charge is -2.03. The van der Waals surface area contributed by atoms with E-state index in [1.54, 1.807) is 13.1 Å². The van der Waals surface area contributed by atoms with E-state index in [0.717, 1.165) is 16.8 Å². The van der Waals surface area contributed by atoms with Crippen LogP contribution >= 0.6 is 0 Å². The number of ketones is 1. The van der Waals surface area contributed by atoms with Crippen LogP contribution in [0.2, 0.25) is 0 Å². The molecule has 0 unspecified atom stereocenters. The largest absolute Gasteiger partial charge is 0.321 e. The minimum absolute atomic E-state index is 0.0423. The Hall–Kier alpha value is -3.73. The summed E-state index contributed by atoms with van der Waals surface area (Å²) in [6, 6.07) is 20.6. The zero-order chi connectivity index (χ0) is 18.8. The van der Waals surface area contributed by atoms with Crippen LogP contribution in [0.3, 0.4) is 0 Å². The van der Waals surface area contributed by atoms with E-state index < -0.39 is 0 Å². The van der Waals surface area contributed by atoms with Crippen LogP contribution in [0.15, 0.2) is 79.1 Å². The number of imidazole rings is 1. The number of carbonyl (C=O) groups is 2. The van der Waals surface area contributed by atoms with Gasteiger partial charge in [0.15, 0.2) is 5.78 Å². The van der Waals surface area contributed by atoms with E-state index in [4.69, 9.17) is 0 Å². The number of nitrogens with one attached hydrogen (secondary N) is 1. The number of aromatic nitrogens is 2. The van der Waals surface area contributed by atoms with Gasteiger partial charge in [-0.15, -0.1) is 0 Å². The maximum absolute atomic E-state index is 12.4. The third-order valence-corrected chi connectivity index (χ3v) is 4.34. The van der Waals surface area contributed by atoms with Gasteiger partial charge in [0.25, 0.3) is 5.91 Å². The smallest absolute Gasteiger partial charge is 0.275 e. The number of hydrogen-bond donors (Lipinski definition) is 1. The first kappa shape index (κ1) is 16.7. The van der Waals surface area contributed by atoms with Crippen molar-refractivity contribution in [3.05, 3.63) is 90.4 Å². The van der Waals surface area contributed by atoms with E-state index in [-0.39, 0.29) is 11.7 Å². The number of benzene rings is 2. The lowest BCUT2D eigenvalue weighted by molar-refractivity contribution is 0.101. The minimum atomic E-state index is -0.253. The fourth-order valence-corrected chi connectivity index (χ4v) is 2.89. The molecule has 1 N–H and O–H groups in total. The van der Waals surface area contributed by atoms with Gasteiger partial charge in [-0.05, 0) is 42.3 Å². The molecule has 5 heteroatoms. The summed E-state index contributed by atoms with van der Waals surface area (Å²) < 4.78 is 1.83. The number of hydrogen-bond acceptors (Lipinski definition) is 3. The van der Waals surface area contributed by atoms with Gasteiger partial charge < -0.3 is 9.72 Å². The van der Waals surface area contributed by atoms with Crippen molar-refractivity contribution in [3.63, 3.8) is 0 Å². The molecule has 2 aromatic heterocycles. The SMILES string of the molecule is CC(=O)c1ccc(-c2ccc3nc(C(=O)Nc4ccccc4)cn3c2)cc1. The van der Waals surface area contributed by atoms with Crippen molar-refractivity contribution >= 4 is 23.0 Å². The van der Waals surface area contributed by atoms with E-state index in [1.807, 2.05) is 77.3 Å². The minimum Gasteiger partial charge on any atom is -0.321 e. The topological polar surface area (TPSA) is 63.5 Å². The molecule has 0 bridgehead atoms. The van der Waals surface area contributed by atoms with E-state index >= 15 is 0 Å². The third-order valence-electron chi connectivity index (χ3n) is 4.34. The number of para-hydroxylation sites is 1. The highest BCUT2D eigenvalue weighted by atomic mass is 16.2. The van der Waals surface area contributed by atoms with Crippen molar-refractivity contribution in [2.24, 2.45) is 0 Å². The fraction of sp³-hybridized carbons (Fsp3) is 0.0455. The number of nitrogens with zero attached hydrogens (tertiary/aromatic N) is 2. The molecule has 0 aliphatic rings. The second-order valence-electron chi connectivity index (χ2n) is 6.26. The Bertz CT molecular complexity index is 1130. The van der Waals surface area contributed by atoms with Gasteiger partial charge in [-0.25, -0.2) is 4.98 Å². The molecule has 0 saturated heterocycles. The molecule has 0 aliphatic heterocycles. The number of rotatable bonds is 4. The van der Waals surface area contributed by atoms with Crippen LogP contribution in [0.5, 0.6) is 0 Å². The highest BCUT2D eigenvalue weighted by molar-refractivity contribution is 6.03. The van der Waals surface area contributed by atoms with Crippen LogP contribution in [0.25, 0.3) is 16.8 Å². The van der Waals surface area contributed by atoms with Crippen LogP contribution in [-0.2, 0) is 0 Å². The summed E-state index contributed by atoms with van der Waals surface area (Å²) in [5.74, 6) is -0.210. The molecule has 1 amide bonds. The Kier molecular flexibility index (Phi) is 4.26. The van der Waals surface area contributed by atoms with Gasteiger partial charge in [0.1, 0.15) is 11.3 Å². The van der Waals surface area contributed by atoms with Crippen LogP contribution in [0, 0.1) is 0 Å². The van der Waals surface area contributed by atoms with Crippen molar-refractivity contribution in [1.29, 1.82) is 0 Å². The highest BCUT2D eigenvalue weighted by Gasteiger charge is 2.11. The number of anilines is 1. The number of fused-ring (bicyclic) bond motifs is 1. The average molecular weight is 355 g/mol. The maximum Gasteiger partial charge on any atom is 0.275 e. The first-order chi connectivity index (χ1) is 13.1. The molecular weight excluding hydrogens is 338 g/mol. The number of amides is 1. The van der Waals surface area contributed by atoms with Crippen molar-refractivity contribution < 1.29 is 9.59 Å². The number of pyridine rings is 1. The van der Waals surface area contributed by atoms with Gasteiger partial charge in [-0.1, -0.05) is 42.5 Å². The van der Waals surface area contributed by atoms with Gasteiger partial charge in [0, 0.05) is 23.6 Å². The summed E-state index contributed by atoms with van der Waals surface area (Å²) in [5.41, 5.74) is 4.42. The molecule has 0 spiro atoms. The van der Waals surface area contributed by atoms with Crippen molar-refractivity contribution in [2.45, 2.75) is 6.92 Å². The Morgan fingerprint density at radius 3 is 2.26 bits per heavy atom. The van der Waals surface area contributed by atoms with E-state index in [9.17, 15) is 9.59 Å². The zero-order valence-corrected chi connectivity index (χ0v) is 14.7. The monoisotopic (exact) mass is 355 g/mol. The lowest BCUT2D eigenvalue weighted by atomic mass is 10.0. The van der Waals surface area contributed by atoms with E-state index in [1.165, 1.54) is 0 Å². The maximum atomic E-state index is 12.4. The molecule has 2 aromatic carbocycles. The molecular formula is C22H17N3O2. The standard InChI is InChI=1S/C22H17N3O2/c1-15(26)16-7-9-17(10-8-16)18-11-12-21-24-20(14-25(21)13-18)22(27)23-19-5-3-2-4-6-19/h2-14H,1H3,(H,23,27). The van der Waals surface area contributed by atoms with Crippen molar-refractivity contribution in [2.75, 3.05) is 5.32 Å². The van der Waals surface area contributed by atoms with E-state index in [0.29, 0.717) is 16.9 Å². The molecule has 4 aromatic rings. The predicted octanol–water partition coefficient (Wildman–Crippen LogP) is 4.46. The summed E-state index contributed by atoms with van der Waals surface area (Å²) in [6.45, 7) is 1.55. The van der Waals surface area contributed by atoms with Gasteiger partial charge in [0.05, 0.1) is 0 Å². The molecule has 132 valence electrons. The van der Waals surface area contributed by atoms with Crippen LogP contribution in [0.4, 0.5) is 5.69 Å². The summed E-state index contributed by atoms with van der Waals surface area (Å²) in [4.78, 5) is 28.2. The zero-order valence-electron chi connectivity index (χ0n) is 14.7. The second kappa shape index (κ2) is 6.88. The van der Waals surface area contributed by atoms with Crippen LogP contribution < -0.4 is 5.32 Å².